The van der Waals surface area contributed by atoms with Gasteiger partial charge in [-0.2, -0.15) is 9.78 Å². The third-order valence-corrected chi connectivity index (χ3v) is 4.94. The third-order valence-electron chi connectivity index (χ3n) is 4.94. The highest BCUT2D eigenvalue weighted by atomic mass is 16.5. The molecule has 1 aromatic heterocycles. The van der Waals surface area contributed by atoms with E-state index in [9.17, 15) is 9.59 Å². The number of fused-ring (bicyclic) bond motifs is 2. The van der Waals surface area contributed by atoms with Gasteiger partial charge in [0.05, 0.1) is 29.4 Å². The molecule has 0 spiro atoms. The molecule has 3 aromatic rings. The first-order valence-corrected chi connectivity index (χ1v) is 9.30. The number of para-hydroxylation sites is 2. The van der Waals surface area contributed by atoms with Crippen LogP contribution in [0.1, 0.15) is 15.9 Å². The second-order valence-corrected chi connectivity index (χ2v) is 6.97. The van der Waals surface area contributed by atoms with Crippen molar-refractivity contribution in [2.45, 2.75) is 6.92 Å². The number of nitrogens with zero attached hydrogens (tertiary/aromatic N) is 4. The summed E-state index contributed by atoms with van der Waals surface area (Å²) in [6, 6.07) is 15.0. The molecule has 0 unspecified atom stereocenters. The standard InChI is InChI=1S/C22H17N5O3/c1-13-6-5-7-14(10-13)27-20(28)15-11-26(12-16(19(15)25-27)21(29)30-2)22-23-17-8-3-4-9-18(17)24-22/h3-12H,1-2H3,(H,23,24). The molecule has 8 nitrogen and oxygen atoms in total. The molecular weight excluding hydrogens is 382 g/mol. The lowest BCUT2D eigenvalue weighted by atomic mass is 10.1. The van der Waals surface area contributed by atoms with Crippen LogP contribution in [0.4, 0.5) is 0 Å². The van der Waals surface area contributed by atoms with E-state index in [0.717, 1.165) is 16.6 Å². The van der Waals surface area contributed by atoms with E-state index in [1.807, 2.05) is 49.4 Å². The van der Waals surface area contributed by atoms with E-state index in [4.69, 9.17) is 4.74 Å². The number of hydrogen-bond donors (Lipinski definition) is 1. The normalized spacial score (nSPS) is 11.3. The molecule has 5 rings (SSSR count). The number of esters is 1. The average Bonchev–Trinajstić information content (AvgIpc) is 3.34. The van der Waals surface area contributed by atoms with Crippen LogP contribution in [0.25, 0.3) is 33.9 Å². The minimum Gasteiger partial charge on any atom is -0.465 e. The van der Waals surface area contributed by atoms with Crippen molar-refractivity contribution in [3.05, 3.63) is 82.4 Å². The number of imidazole rings is 1. The summed E-state index contributed by atoms with van der Waals surface area (Å²) in [7, 11) is 1.29. The van der Waals surface area contributed by atoms with Gasteiger partial charge < -0.3 is 9.72 Å². The number of hydrogen-bond acceptors (Lipinski definition) is 5. The van der Waals surface area contributed by atoms with Gasteiger partial charge in [0, 0.05) is 12.4 Å². The Balaban J connectivity index is 1.77. The van der Waals surface area contributed by atoms with Crippen LogP contribution >= 0.6 is 0 Å². The van der Waals surface area contributed by atoms with Crippen molar-refractivity contribution in [2.75, 3.05) is 7.11 Å². The van der Waals surface area contributed by atoms with Gasteiger partial charge in [-0.05, 0) is 36.8 Å². The number of aromatic amines is 1. The zero-order valence-electron chi connectivity index (χ0n) is 16.3. The van der Waals surface area contributed by atoms with Gasteiger partial charge in [0.25, 0.3) is 5.56 Å². The van der Waals surface area contributed by atoms with Gasteiger partial charge in [-0.15, -0.1) is 0 Å². The van der Waals surface area contributed by atoms with Crippen molar-refractivity contribution in [3.63, 3.8) is 0 Å². The van der Waals surface area contributed by atoms with Crippen LogP contribution in [0.15, 0.2) is 65.7 Å². The number of nitrogens with one attached hydrogen (secondary N) is 1. The molecule has 8 heteroatoms. The van der Waals surface area contributed by atoms with Crippen LogP contribution in [0.2, 0.25) is 0 Å². The topological polar surface area (TPSA) is 94.8 Å². The molecule has 0 bridgehead atoms. The molecule has 0 aliphatic carbocycles. The number of carbonyl (C=O) groups is 1. The summed E-state index contributed by atoms with van der Waals surface area (Å²) in [6.07, 6.45) is 3.19. The van der Waals surface area contributed by atoms with Crippen LogP contribution in [0.5, 0.6) is 0 Å². The maximum atomic E-state index is 13.2. The quantitative estimate of drug-likeness (QED) is 0.471. The monoisotopic (exact) mass is 399 g/mol. The number of ether oxygens (including phenoxy) is 1. The van der Waals surface area contributed by atoms with Gasteiger partial charge in [0.15, 0.2) is 0 Å². The van der Waals surface area contributed by atoms with Gasteiger partial charge in [-0.25, -0.2) is 9.78 Å². The second-order valence-electron chi connectivity index (χ2n) is 6.97. The van der Waals surface area contributed by atoms with Crippen molar-refractivity contribution in [2.24, 2.45) is 0 Å². The highest BCUT2D eigenvalue weighted by molar-refractivity contribution is 5.96. The van der Waals surface area contributed by atoms with Gasteiger partial charge in [0.2, 0.25) is 5.95 Å². The first-order valence-electron chi connectivity index (χ1n) is 9.30. The van der Waals surface area contributed by atoms with E-state index < -0.39 is 5.97 Å². The zero-order valence-corrected chi connectivity index (χ0v) is 16.3. The van der Waals surface area contributed by atoms with Crippen LogP contribution in [-0.4, -0.2) is 37.4 Å². The summed E-state index contributed by atoms with van der Waals surface area (Å²) < 4.78 is 7.84. The number of benzene rings is 2. The molecule has 0 saturated carbocycles. The first-order chi connectivity index (χ1) is 14.5. The zero-order chi connectivity index (χ0) is 20.8. The van der Waals surface area contributed by atoms with Crippen molar-refractivity contribution in [3.8, 4) is 22.9 Å². The van der Waals surface area contributed by atoms with E-state index in [0.29, 0.717) is 17.2 Å². The van der Waals surface area contributed by atoms with Crippen molar-refractivity contribution in [1.82, 2.24) is 24.3 Å². The molecule has 0 saturated heterocycles. The predicted octanol–water partition coefficient (Wildman–Crippen LogP) is 3.10. The molecule has 0 amide bonds. The molecule has 0 atom stereocenters. The third kappa shape index (κ3) is 2.77. The lowest BCUT2D eigenvalue weighted by Crippen LogP contribution is -2.15. The van der Waals surface area contributed by atoms with Crippen molar-refractivity contribution >= 4 is 17.0 Å². The predicted molar refractivity (Wildman–Crippen MR) is 112 cm³/mol. The molecule has 0 radical (unpaired) electrons. The Morgan fingerprint density at radius 2 is 1.93 bits per heavy atom. The smallest absolute Gasteiger partial charge is 0.341 e. The summed E-state index contributed by atoms with van der Waals surface area (Å²) in [4.78, 5) is 33.4. The highest BCUT2D eigenvalue weighted by Crippen LogP contribution is 2.25. The van der Waals surface area contributed by atoms with Crippen LogP contribution < -0.4 is 5.56 Å². The highest BCUT2D eigenvalue weighted by Gasteiger charge is 2.25. The minimum atomic E-state index is -0.584. The largest absolute Gasteiger partial charge is 0.465 e. The van der Waals surface area contributed by atoms with Crippen LogP contribution in [0, 0.1) is 6.92 Å². The SMILES string of the molecule is COC(=O)c1cn(-c2nc3ccccc3[nH]2)cc2c(=O)n(-c3cccc(C)c3)nc1-2. The number of pyridine rings is 1. The molecule has 2 aliphatic heterocycles. The molecule has 1 N–H and O–H groups in total. The Kier molecular flexibility index (Phi) is 3.99. The number of aromatic nitrogens is 5. The number of aryl methyl sites for hydroxylation is 1. The molecule has 0 fully saturated rings. The Hall–Kier alpha value is -4.20. The fourth-order valence-corrected chi connectivity index (χ4v) is 3.48. The lowest BCUT2D eigenvalue weighted by molar-refractivity contribution is 0.0600. The van der Waals surface area contributed by atoms with Gasteiger partial charge in [0.1, 0.15) is 11.3 Å². The van der Waals surface area contributed by atoms with Crippen LogP contribution in [-0.2, 0) is 4.74 Å². The Bertz CT molecular complexity index is 1410. The van der Waals surface area contributed by atoms with Gasteiger partial charge >= 0.3 is 5.97 Å². The average molecular weight is 399 g/mol. The number of rotatable bonds is 3. The fraction of sp³-hybridized carbons (Fsp3) is 0.0909. The van der Waals surface area contributed by atoms with Crippen molar-refractivity contribution in [1.29, 1.82) is 0 Å². The fourth-order valence-electron chi connectivity index (χ4n) is 3.48. The van der Waals surface area contributed by atoms with E-state index >= 15 is 0 Å². The van der Waals surface area contributed by atoms with Crippen molar-refractivity contribution < 1.29 is 9.53 Å². The van der Waals surface area contributed by atoms with Gasteiger partial charge in [-0.1, -0.05) is 24.3 Å². The number of H-pyrrole nitrogens is 1. The molecule has 2 aromatic carbocycles. The summed E-state index contributed by atoms with van der Waals surface area (Å²) in [5, 5.41) is 4.43. The Labute approximate surface area is 170 Å². The Morgan fingerprint density at radius 1 is 1.10 bits per heavy atom. The van der Waals surface area contributed by atoms with E-state index in [1.165, 1.54) is 11.8 Å². The van der Waals surface area contributed by atoms with Gasteiger partial charge in [-0.3, -0.25) is 9.36 Å². The number of methoxy groups -OCH3 is 1. The maximum Gasteiger partial charge on any atom is 0.341 e. The maximum absolute atomic E-state index is 13.2. The summed E-state index contributed by atoms with van der Waals surface area (Å²) in [5.74, 6) is -0.106. The molecule has 148 valence electrons. The second kappa shape index (κ2) is 6.70. The van der Waals surface area contributed by atoms with E-state index in [1.54, 1.807) is 23.0 Å². The summed E-state index contributed by atoms with van der Waals surface area (Å²) >= 11 is 0. The minimum absolute atomic E-state index is 0.180. The van der Waals surface area contributed by atoms with Crippen LogP contribution in [0.3, 0.4) is 0 Å². The first kappa shape index (κ1) is 17.9. The van der Waals surface area contributed by atoms with E-state index in [-0.39, 0.29) is 16.8 Å². The lowest BCUT2D eigenvalue weighted by Gasteiger charge is -2.09. The molecule has 3 heterocycles. The molecular formula is C22H17N5O3. The summed E-state index contributed by atoms with van der Waals surface area (Å²) in [5.41, 5.74) is 3.67. The Morgan fingerprint density at radius 3 is 2.70 bits per heavy atom. The molecule has 30 heavy (non-hydrogen) atoms. The number of carbonyl (C=O) groups excluding carboxylic acids is 1. The molecule has 2 aliphatic rings. The summed E-state index contributed by atoms with van der Waals surface area (Å²) in [6.45, 7) is 1.94. The van der Waals surface area contributed by atoms with E-state index in [2.05, 4.69) is 15.1 Å².